The fourth-order valence-corrected chi connectivity index (χ4v) is 5.13. The summed E-state index contributed by atoms with van der Waals surface area (Å²) in [5.41, 5.74) is 1.03. The molecule has 5 heteroatoms. The maximum Gasteiger partial charge on any atom is 0.150 e. The van der Waals surface area contributed by atoms with Gasteiger partial charge in [-0.05, 0) is 22.7 Å². The van der Waals surface area contributed by atoms with Gasteiger partial charge in [0.05, 0.1) is 5.69 Å². The van der Waals surface area contributed by atoms with Crippen molar-refractivity contribution in [2.75, 3.05) is 0 Å². The monoisotopic (exact) mass is 364 g/mol. The van der Waals surface area contributed by atoms with Crippen LogP contribution in [-0.2, 0) is 0 Å². The van der Waals surface area contributed by atoms with Crippen LogP contribution < -0.4 is 16.2 Å². The second-order valence-electron chi connectivity index (χ2n) is 5.70. The first-order chi connectivity index (χ1) is 12.7. The van der Waals surface area contributed by atoms with E-state index in [4.69, 9.17) is 0 Å². The minimum Gasteiger partial charge on any atom is -0.297 e. The Bertz CT molecular complexity index is 977. The molecule has 2 nitrogen and oxygen atoms in total. The van der Waals surface area contributed by atoms with E-state index in [1.54, 1.807) is 17.0 Å². The van der Waals surface area contributed by atoms with Gasteiger partial charge in [0.15, 0.2) is 0 Å². The lowest BCUT2D eigenvalue weighted by molar-refractivity contribution is 0.578. The minimum absolute atomic E-state index is 0.290. The minimum atomic E-state index is -0.982. The van der Waals surface area contributed by atoms with Gasteiger partial charge in [0, 0.05) is 26.4 Å². The number of nitrogens with zero attached hydrogens (tertiary/aromatic N) is 2. The van der Waals surface area contributed by atoms with Crippen molar-refractivity contribution in [2.45, 2.75) is 0 Å². The van der Waals surface area contributed by atoms with Crippen LogP contribution in [0, 0.1) is 11.6 Å². The van der Waals surface area contributed by atoms with E-state index < -0.39 is 19.6 Å². The molecule has 0 aliphatic rings. The molecule has 128 valence electrons. The lowest BCUT2D eigenvalue weighted by Gasteiger charge is -2.20. The van der Waals surface area contributed by atoms with E-state index in [0.29, 0.717) is 5.69 Å². The van der Waals surface area contributed by atoms with E-state index in [-0.39, 0.29) is 0 Å². The Morgan fingerprint density at radius 1 is 0.769 bits per heavy atom. The fraction of sp³-hybridized carbons (Fsp3) is 0. The van der Waals surface area contributed by atoms with Crippen LogP contribution in [-0.4, -0.2) is 9.55 Å². The maximum absolute atomic E-state index is 14.4. The second-order valence-corrected chi connectivity index (χ2v) is 7.80. The van der Waals surface area contributed by atoms with E-state index in [2.05, 4.69) is 29.2 Å². The predicted octanol–water partition coefficient (Wildman–Crippen LogP) is 3.91. The molecule has 4 aromatic rings. The van der Waals surface area contributed by atoms with E-state index in [1.165, 1.54) is 12.1 Å². The van der Waals surface area contributed by atoms with Crippen molar-refractivity contribution in [3.05, 3.63) is 103 Å². The Morgan fingerprint density at radius 3 is 1.96 bits per heavy atom. The maximum atomic E-state index is 14.4. The van der Waals surface area contributed by atoms with Gasteiger partial charge < -0.3 is 0 Å². The molecular formula is C21H15F2N2P. The van der Waals surface area contributed by atoms with Crippen molar-refractivity contribution < 1.29 is 8.78 Å². The molecule has 0 fully saturated rings. The number of imidazole rings is 1. The highest BCUT2D eigenvalue weighted by atomic mass is 31.1. The number of hydrogen-bond donors (Lipinski definition) is 0. The number of halogens is 2. The molecule has 0 saturated heterocycles. The zero-order valence-corrected chi connectivity index (χ0v) is 14.7. The van der Waals surface area contributed by atoms with Gasteiger partial charge >= 0.3 is 0 Å². The predicted molar refractivity (Wildman–Crippen MR) is 102 cm³/mol. The Labute approximate surface area is 151 Å². The number of hydrogen-bond acceptors (Lipinski definition) is 1. The molecule has 0 spiro atoms. The van der Waals surface area contributed by atoms with Gasteiger partial charge in [0.25, 0.3) is 0 Å². The van der Waals surface area contributed by atoms with Crippen LogP contribution in [0.4, 0.5) is 8.78 Å². The van der Waals surface area contributed by atoms with Crippen LogP contribution in [0.3, 0.4) is 0 Å². The molecule has 26 heavy (non-hydrogen) atoms. The standard InChI is InChI=1S/C21H15F2N2P/c22-16-11-12-20(19(23)15-16)25-14-13-24-21(25)26(17-7-3-1-4-8-17)18-9-5-2-6-10-18/h1-15H. The molecule has 0 unspecified atom stereocenters. The lowest BCUT2D eigenvalue weighted by Crippen LogP contribution is -2.27. The molecule has 4 rings (SSSR count). The molecule has 0 bridgehead atoms. The van der Waals surface area contributed by atoms with Crippen molar-refractivity contribution in [1.82, 2.24) is 9.55 Å². The highest BCUT2D eigenvalue weighted by Gasteiger charge is 2.22. The van der Waals surface area contributed by atoms with Crippen LogP contribution in [0.15, 0.2) is 91.3 Å². The molecule has 0 radical (unpaired) electrons. The molecule has 0 amide bonds. The van der Waals surface area contributed by atoms with Crippen molar-refractivity contribution in [1.29, 1.82) is 0 Å². The van der Waals surface area contributed by atoms with E-state index in [0.717, 1.165) is 22.2 Å². The summed E-state index contributed by atoms with van der Waals surface area (Å²) in [7, 11) is -0.982. The summed E-state index contributed by atoms with van der Waals surface area (Å²) in [5, 5.41) is 2.23. The molecule has 0 saturated carbocycles. The largest absolute Gasteiger partial charge is 0.297 e. The van der Waals surface area contributed by atoms with E-state index in [9.17, 15) is 8.78 Å². The zero-order valence-electron chi connectivity index (χ0n) is 13.8. The SMILES string of the molecule is Fc1ccc(-n2ccnc2P(c2ccccc2)c2ccccc2)c(F)c1. The molecule has 1 heterocycles. The fourth-order valence-electron chi connectivity index (χ4n) is 2.86. The zero-order chi connectivity index (χ0) is 17.9. The van der Waals surface area contributed by atoms with Crippen molar-refractivity contribution in [3.63, 3.8) is 0 Å². The molecule has 0 aliphatic carbocycles. The number of rotatable bonds is 4. The van der Waals surface area contributed by atoms with Crippen LogP contribution in [0.2, 0.25) is 0 Å². The van der Waals surface area contributed by atoms with Gasteiger partial charge in [-0.3, -0.25) is 4.57 Å². The van der Waals surface area contributed by atoms with Gasteiger partial charge in [0.2, 0.25) is 0 Å². The van der Waals surface area contributed by atoms with Gasteiger partial charge in [-0.1, -0.05) is 60.7 Å². The normalized spacial score (nSPS) is 11.0. The number of benzene rings is 3. The quantitative estimate of drug-likeness (QED) is 0.502. The highest BCUT2D eigenvalue weighted by molar-refractivity contribution is 7.79. The van der Waals surface area contributed by atoms with E-state index in [1.807, 2.05) is 36.4 Å². The molecule has 1 aromatic heterocycles. The van der Waals surface area contributed by atoms with Crippen LogP contribution in [0.25, 0.3) is 5.69 Å². The summed E-state index contributed by atoms with van der Waals surface area (Å²) >= 11 is 0. The first-order valence-electron chi connectivity index (χ1n) is 8.13. The summed E-state index contributed by atoms with van der Waals surface area (Å²) in [5.74, 6) is -1.21. The Balaban J connectivity index is 1.90. The van der Waals surface area contributed by atoms with Crippen LogP contribution in [0.5, 0.6) is 0 Å². The first kappa shape index (κ1) is 16.6. The molecular weight excluding hydrogens is 349 g/mol. The Hall–Kier alpha value is -2.84. The smallest absolute Gasteiger partial charge is 0.150 e. The third-order valence-corrected chi connectivity index (χ3v) is 6.38. The summed E-state index contributed by atoms with van der Waals surface area (Å²) in [6.07, 6.45) is 3.37. The average molecular weight is 364 g/mol. The van der Waals surface area contributed by atoms with Crippen molar-refractivity contribution >= 4 is 24.1 Å². The Kier molecular flexibility index (Phi) is 4.59. The molecule has 0 aliphatic heterocycles. The third kappa shape index (κ3) is 3.16. The average Bonchev–Trinajstić information content (AvgIpc) is 3.13. The molecule has 3 aromatic carbocycles. The third-order valence-electron chi connectivity index (χ3n) is 4.02. The van der Waals surface area contributed by atoms with Gasteiger partial charge in [-0.25, -0.2) is 13.8 Å². The second kappa shape index (κ2) is 7.19. The summed E-state index contributed by atoms with van der Waals surface area (Å²) in [4.78, 5) is 4.54. The summed E-state index contributed by atoms with van der Waals surface area (Å²) < 4.78 is 29.4. The topological polar surface area (TPSA) is 17.8 Å². The van der Waals surface area contributed by atoms with Gasteiger partial charge in [0.1, 0.15) is 17.2 Å². The van der Waals surface area contributed by atoms with Gasteiger partial charge in [-0.15, -0.1) is 0 Å². The first-order valence-corrected chi connectivity index (χ1v) is 9.47. The number of aromatic nitrogens is 2. The molecule has 0 atom stereocenters. The lowest BCUT2D eigenvalue weighted by atomic mass is 10.3. The van der Waals surface area contributed by atoms with Gasteiger partial charge in [-0.2, -0.15) is 0 Å². The Morgan fingerprint density at radius 2 is 1.38 bits per heavy atom. The van der Waals surface area contributed by atoms with Crippen molar-refractivity contribution in [2.24, 2.45) is 0 Å². The van der Waals surface area contributed by atoms with Crippen molar-refractivity contribution in [3.8, 4) is 5.69 Å². The van der Waals surface area contributed by atoms with Crippen LogP contribution in [0.1, 0.15) is 0 Å². The summed E-state index contributed by atoms with van der Waals surface area (Å²) in [6.45, 7) is 0. The highest BCUT2D eigenvalue weighted by Crippen LogP contribution is 2.33. The van der Waals surface area contributed by atoms with Crippen LogP contribution >= 0.6 is 7.92 Å². The molecule has 0 N–H and O–H groups in total. The summed E-state index contributed by atoms with van der Waals surface area (Å²) in [6, 6.07) is 23.7. The van der Waals surface area contributed by atoms with E-state index >= 15 is 0 Å².